The lowest BCUT2D eigenvalue weighted by molar-refractivity contribution is 0.0935. The average molecular weight is 293 g/mol. The minimum Gasteiger partial charge on any atom is -0.397 e. The number of hydrogen-bond donors (Lipinski definition) is 2. The van der Waals surface area contributed by atoms with E-state index >= 15 is 0 Å². The van der Waals surface area contributed by atoms with Gasteiger partial charge >= 0.3 is 0 Å². The molecule has 1 heterocycles. The molecule has 1 aromatic carbocycles. The Morgan fingerprint density at radius 1 is 1.53 bits per heavy atom. The predicted octanol–water partition coefficient (Wildman–Crippen LogP) is 3.28. The quantitative estimate of drug-likeness (QED) is 0.835. The summed E-state index contributed by atoms with van der Waals surface area (Å²) in [4.78, 5) is 12.6. The molecule has 0 spiro atoms. The Morgan fingerprint density at radius 3 is 2.79 bits per heavy atom. The Labute approximate surface area is 120 Å². The van der Waals surface area contributed by atoms with Gasteiger partial charge in [0.1, 0.15) is 4.88 Å². The van der Waals surface area contributed by atoms with Crippen LogP contribution in [0.3, 0.4) is 0 Å². The number of halogens is 1. The second-order valence-electron chi connectivity index (χ2n) is 4.68. The molecule has 0 aliphatic rings. The molecule has 19 heavy (non-hydrogen) atoms. The molecule has 2 rings (SSSR count). The molecular formula is C14H13ClN2OS. The molecular weight excluding hydrogens is 280 g/mol. The van der Waals surface area contributed by atoms with Gasteiger partial charge in [0.05, 0.1) is 16.2 Å². The van der Waals surface area contributed by atoms with Crippen molar-refractivity contribution in [1.82, 2.24) is 5.32 Å². The van der Waals surface area contributed by atoms with E-state index in [0.29, 0.717) is 15.6 Å². The number of nitrogens with one attached hydrogen (secondary N) is 1. The van der Waals surface area contributed by atoms with Gasteiger partial charge in [-0.1, -0.05) is 23.6 Å². The summed E-state index contributed by atoms with van der Waals surface area (Å²) in [5.74, 6) is 2.23. The lowest BCUT2D eigenvalue weighted by Crippen LogP contribution is -2.41. The first-order valence-corrected chi connectivity index (χ1v) is 6.82. The number of nitrogens with two attached hydrogens (primary N) is 1. The van der Waals surface area contributed by atoms with Crippen LogP contribution < -0.4 is 11.1 Å². The second kappa shape index (κ2) is 4.76. The summed E-state index contributed by atoms with van der Waals surface area (Å²) in [6.45, 7) is 3.50. The van der Waals surface area contributed by atoms with Gasteiger partial charge in [-0.05, 0) is 26.0 Å². The highest BCUT2D eigenvalue weighted by atomic mass is 35.5. The van der Waals surface area contributed by atoms with E-state index in [1.165, 1.54) is 11.3 Å². The fourth-order valence-corrected chi connectivity index (χ4v) is 3.05. The molecule has 0 unspecified atom stereocenters. The molecule has 5 heteroatoms. The number of hydrogen-bond acceptors (Lipinski definition) is 3. The third-order valence-corrected chi connectivity index (χ3v) is 4.18. The highest BCUT2D eigenvalue weighted by Crippen LogP contribution is 2.38. The minimum absolute atomic E-state index is 0.280. The summed E-state index contributed by atoms with van der Waals surface area (Å²) < 4.78 is 0.883. The lowest BCUT2D eigenvalue weighted by Gasteiger charge is -2.19. The number of carbonyl (C=O) groups excluding carboxylic acids is 1. The Hall–Kier alpha value is -1.70. The van der Waals surface area contributed by atoms with E-state index in [0.717, 1.165) is 10.1 Å². The number of fused-ring (bicyclic) bond motifs is 1. The van der Waals surface area contributed by atoms with Crippen molar-refractivity contribution in [3.63, 3.8) is 0 Å². The molecule has 0 aliphatic carbocycles. The average Bonchev–Trinajstić information content (AvgIpc) is 2.68. The summed E-state index contributed by atoms with van der Waals surface area (Å²) in [5.41, 5.74) is 5.69. The molecule has 0 bridgehead atoms. The molecule has 0 radical (unpaired) electrons. The van der Waals surface area contributed by atoms with Gasteiger partial charge in [-0.2, -0.15) is 0 Å². The first kappa shape index (κ1) is 13.7. The Balaban J connectivity index is 2.48. The van der Waals surface area contributed by atoms with E-state index in [2.05, 4.69) is 11.2 Å². The number of amides is 1. The van der Waals surface area contributed by atoms with Gasteiger partial charge in [0.25, 0.3) is 5.91 Å². The van der Waals surface area contributed by atoms with Crippen molar-refractivity contribution >= 4 is 44.6 Å². The number of benzene rings is 1. The Bertz CT molecular complexity index is 697. The molecule has 0 fully saturated rings. The van der Waals surface area contributed by atoms with Crippen LogP contribution in [0.2, 0.25) is 5.02 Å². The van der Waals surface area contributed by atoms with Gasteiger partial charge in [-0.25, -0.2) is 0 Å². The fraction of sp³-hybridized carbons (Fsp3) is 0.214. The molecule has 0 atom stereocenters. The number of anilines is 1. The largest absolute Gasteiger partial charge is 0.397 e. The maximum Gasteiger partial charge on any atom is 0.264 e. The first-order valence-electron chi connectivity index (χ1n) is 5.62. The van der Waals surface area contributed by atoms with Crippen LogP contribution in [-0.2, 0) is 0 Å². The molecule has 1 aromatic heterocycles. The zero-order valence-corrected chi connectivity index (χ0v) is 12.2. The normalized spacial score (nSPS) is 11.3. The topological polar surface area (TPSA) is 55.1 Å². The van der Waals surface area contributed by atoms with Gasteiger partial charge in [0, 0.05) is 10.1 Å². The summed E-state index contributed by atoms with van der Waals surface area (Å²) in [6.07, 6.45) is 5.36. The molecule has 98 valence electrons. The maximum atomic E-state index is 12.2. The molecule has 0 aliphatic heterocycles. The summed E-state index contributed by atoms with van der Waals surface area (Å²) in [6, 6.07) is 5.46. The van der Waals surface area contributed by atoms with Gasteiger partial charge in [0.2, 0.25) is 0 Å². The van der Waals surface area contributed by atoms with Gasteiger partial charge in [-0.3, -0.25) is 4.79 Å². The predicted molar refractivity (Wildman–Crippen MR) is 81.6 cm³/mol. The highest BCUT2D eigenvalue weighted by Gasteiger charge is 2.23. The van der Waals surface area contributed by atoms with Crippen molar-refractivity contribution in [3.05, 3.63) is 28.1 Å². The van der Waals surface area contributed by atoms with E-state index < -0.39 is 5.54 Å². The Kier molecular flexibility index (Phi) is 3.44. The van der Waals surface area contributed by atoms with Crippen molar-refractivity contribution in [1.29, 1.82) is 0 Å². The molecule has 3 nitrogen and oxygen atoms in total. The molecule has 1 amide bonds. The van der Waals surface area contributed by atoms with Gasteiger partial charge < -0.3 is 11.1 Å². The van der Waals surface area contributed by atoms with Gasteiger partial charge in [-0.15, -0.1) is 17.8 Å². The molecule has 3 N–H and O–H groups in total. The van der Waals surface area contributed by atoms with Crippen LogP contribution in [0, 0.1) is 12.3 Å². The highest BCUT2D eigenvalue weighted by molar-refractivity contribution is 7.21. The van der Waals surface area contributed by atoms with Crippen molar-refractivity contribution in [2.75, 3.05) is 5.73 Å². The van der Waals surface area contributed by atoms with Crippen LogP contribution in [0.4, 0.5) is 5.69 Å². The third kappa shape index (κ3) is 2.53. The van der Waals surface area contributed by atoms with E-state index in [9.17, 15) is 4.79 Å². The van der Waals surface area contributed by atoms with E-state index in [-0.39, 0.29) is 5.91 Å². The van der Waals surface area contributed by atoms with Crippen LogP contribution in [0.25, 0.3) is 10.1 Å². The van der Waals surface area contributed by atoms with Gasteiger partial charge in [0.15, 0.2) is 0 Å². The third-order valence-electron chi connectivity index (χ3n) is 2.69. The zero-order valence-electron chi connectivity index (χ0n) is 10.6. The van der Waals surface area contributed by atoms with Crippen LogP contribution in [0.1, 0.15) is 23.5 Å². The molecule has 2 aromatic rings. The number of carbonyl (C=O) groups is 1. The summed E-state index contributed by atoms with van der Waals surface area (Å²) in [5, 5.41) is 4.02. The fourth-order valence-electron chi connectivity index (χ4n) is 1.67. The number of terminal acetylenes is 1. The summed E-state index contributed by atoms with van der Waals surface area (Å²) in [7, 11) is 0. The van der Waals surface area contributed by atoms with Crippen LogP contribution >= 0.6 is 22.9 Å². The first-order chi connectivity index (χ1) is 8.85. The van der Waals surface area contributed by atoms with Crippen molar-refractivity contribution in [3.8, 4) is 12.3 Å². The molecule has 0 saturated carbocycles. The minimum atomic E-state index is -0.719. The lowest BCUT2D eigenvalue weighted by atomic mass is 10.1. The van der Waals surface area contributed by atoms with Crippen LogP contribution in [-0.4, -0.2) is 11.4 Å². The van der Waals surface area contributed by atoms with Crippen LogP contribution in [0.15, 0.2) is 18.2 Å². The molecule has 0 saturated heterocycles. The standard InChI is InChI=1S/C14H13ClN2OS/c1-4-14(2,3)17-13(18)12-11(16)10-8(15)6-5-7-9(10)19-12/h1,5-7H,16H2,2-3H3,(H,17,18). The monoisotopic (exact) mass is 292 g/mol. The number of rotatable bonds is 2. The SMILES string of the molecule is C#CC(C)(C)NC(=O)c1sc2cccc(Cl)c2c1N. The second-order valence-corrected chi connectivity index (χ2v) is 6.14. The van der Waals surface area contributed by atoms with E-state index in [1.807, 2.05) is 12.1 Å². The summed E-state index contributed by atoms with van der Waals surface area (Å²) >= 11 is 7.41. The van der Waals surface area contributed by atoms with Crippen molar-refractivity contribution < 1.29 is 4.79 Å². The van der Waals surface area contributed by atoms with E-state index in [4.69, 9.17) is 23.8 Å². The zero-order chi connectivity index (χ0) is 14.2. The Morgan fingerprint density at radius 2 is 2.21 bits per heavy atom. The smallest absolute Gasteiger partial charge is 0.264 e. The van der Waals surface area contributed by atoms with Crippen molar-refractivity contribution in [2.24, 2.45) is 0 Å². The van der Waals surface area contributed by atoms with E-state index in [1.54, 1.807) is 19.9 Å². The number of thiophene rings is 1. The van der Waals surface area contributed by atoms with Crippen LogP contribution in [0.5, 0.6) is 0 Å². The maximum absolute atomic E-state index is 12.2. The van der Waals surface area contributed by atoms with Crippen molar-refractivity contribution in [2.45, 2.75) is 19.4 Å². The number of nitrogen functional groups attached to an aromatic ring is 1.